The van der Waals surface area contributed by atoms with E-state index >= 15 is 4.39 Å². The van der Waals surface area contributed by atoms with Crippen molar-refractivity contribution < 1.29 is 38.4 Å². The van der Waals surface area contributed by atoms with Gasteiger partial charge in [0.05, 0.1) is 47.8 Å². The Balaban J connectivity index is 1.65. The summed E-state index contributed by atoms with van der Waals surface area (Å²) in [5, 5.41) is 39.8. The van der Waals surface area contributed by atoms with E-state index in [1.54, 1.807) is 24.0 Å². The fourth-order valence-electron chi connectivity index (χ4n) is 6.69. The molecule has 16 heteroatoms. The van der Waals surface area contributed by atoms with E-state index in [0.717, 1.165) is 33.1 Å². The smallest absolute Gasteiger partial charge is 0.341 e. The second kappa shape index (κ2) is 14.6. The summed E-state index contributed by atoms with van der Waals surface area (Å²) in [6, 6.07) is 7.02. The van der Waals surface area contributed by atoms with Crippen LogP contribution in [0, 0.1) is 38.9 Å². The maximum absolute atomic E-state index is 15.8. The van der Waals surface area contributed by atoms with Gasteiger partial charge < -0.3 is 19.9 Å². The van der Waals surface area contributed by atoms with E-state index in [-0.39, 0.29) is 34.2 Å². The van der Waals surface area contributed by atoms with E-state index in [1.165, 1.54) is 30.3 Å². The molecule has 1 saturated carbocycles. The van der Waals surface area contributed by atoms with Crippen molar-refractivity contribution in [1.82, 2.24) is 4.90 Å². The number of likely N-dealkylation sites (tertiary alicyclic amines) is 1. The third kappa shape index (κ3) is 7.18. The number of hydrogen-bond donors (Lipinski definition) is 2. The Morgan fingerprint density at radius 3 is 2.45 bits per heavy atom. The maximum atomic E-state index is 15.8. The van der Waals surface area contributed by atoms with E-state index in [4.69, 9.17) is 32.7 Å². The topological polar surface area (TPSA) is 174 Å². The van der Waals surface area contributed by atoms with E-state index in [0.29, 0.717) is 16.3 Å². The molecule has 1 saturated heterocycles. The van der Waals surface area contributed by atoms with Crippen molar-refractivity contribution in [3.63, 3.8) is 0 Å². The van der Waals surface area contributed by atoms with Gasteiger partial charge in [-0.15, -0.1) is 0 Å². The first-order valence-corrected chi connectivity index (χ1v) is 16.1. The summed E-state index contributed by atoms with van der Waals surface area (Å²) in [5.41, 5.74) is -0.434. The molecule has 0 bridgehead atoms. The third-order valence-electron chi connectivity index (χ3n) is 9.14. The molecule has 2 fully saturated rings. The minimum Gasteiger partial charge on any atom is -0.490 e. The van der Waals surface area contributed by atoms with Gasteiger partial charge in [0.1, 0.15) is 17.4 Å². The average molecular weight is 720 g/mol. The van der Waals surface area contributed by atoms with Crippen molar-refractivity contribution in [1.29, 1.82) is 0 Å². The van der Waals surface area contributed by atoms with Crippen LogP contribution in [0.1, 0.15) is 58.3 Å². The molecule has 3 aromatic rings. The number of nitro benzene ring substituents is 1. The van der Waals surface area contributed by atoms with Gasteiger partial charge in [-0.05, 0) is 68.0 Å². The highest BCUT2D eigenvalue weighted by atomic mass is 35.5. The summed E-state index contributed by atoms with van der Waals surface area (Å²) in [4.78, 5) is 52.1. The summed E-state index contributed by atoms with van der Waals surface area (Å²) in [5.74, 6) is -4.31. The van der Waals surface area contributed by atoms with Crippen molar-refractivity contribution in [3.05, 3.63) is 107 Å². The van der Waals surface area contributed by atoms with Crippen LogP contribution in [-0.4, -0.2) is 70.6 Å². The van der Waals surface area contributed by atoms with Gasteiger partial charge >= 0.3 is 11.7 Å². The van der Waals surface area contributed by atoms with Crippen molar-refractivity contribution in [2.45, 2.75) is 56.3 Å². The Kier molecular flexibility index (Phi) is 10.7. The predicted molar refractivity (Wildman–Crippen MR) is 177 cm³/mol. The lowest BCUT2D eigenvalue weighted by Gasteiger charge is -2.31. The lowest BCUT2D eigenvalue weighted by molar-refractivity contribution is -0.528. The highest BCUT2D eigenvalue weighted by molar-refractivity contribution is 6.31. The van der Waals surface area contributed by atoms with Crippen LogP contribution in [0.5, 0.6) is 5.75 Å². The third-order valence-corrected chi connectivity index (χ3v) is 9.67. The molecule has 13 nitrogen and oxygen atoms in total. The fraction of sp³-hybridized carbons (Fsp3) is 0.394. The molecule has 5 rings (SSSR count). The van der Waals surface area contributed by atoms with E-state index in [1.807, 2.05) is 0 Å². The largest absolute Gasteiger partial charge is 0.490 e. The van der Waals surface area contributed by atoms with E-state index < -0.39 is 75.5 Å². The zero-order chi connectivity index (χ0) is 35.7. The van der Waals surface area contributed by atoms with Crippen LogP contribution in [0.2, 0.25) is 10.0 Å². The minimum atomic E-state index is -1.73. The number of anilines is 1. The monoisotopic (exact) mass is 718 g/mol. The number of aryl methyl sites for hydroxylation is 1. The number of esters is 1. The zero-order valence-corrected chi connectivity index (χ0v) is 28.1. The van der Waals surface area contributed by atoms with Crippen molar-refractivity contribution in [3.8, 4) is 5.75 Å². The first-order chi connectivity index (χ1) is 23.3. The summed E-state index contributed by atoms with van der Waals surface area (Å²) in [6.07, 6.45) is -0.634. The van der Waals surface area contributed by atoms with Crippen LogP contribution in [0.4, 0.5) is 15.8 Å². The number of hydrogen-bond acceptors (Lipinski definition) is 10. The van der Waals surface area contributed by atoms with Crippen molar-refractivity contribution >= 4 is 46.5 Å². The number of nitrogens with zero attached hydrogens (tertiary/aromatic N) is 3. The molecule has 1 heterocycles. The SMILES string of the molecule is COC(=O)c1ccc(C(O)C[C@H]2[C@@H]([N+](=O)[O-])[C@H](c3cccc(Cl)c3F)[C@H](C(=O)Nc3cc(Cl)ccc3C)N2CC2CC2)c([N+](=O)[O-])c1OC. The van der Waals surface area contributed by atoms with Crippen LogP contribution in [0.15, 0.2) is 48.5 Å². The molecule has 260 valence electrons. The molecule has 2 aliphatic rings. The maximum Gasteiger partial charge on any atom is 0.341 e. The minimum absolute atomic E-state index is 0.0620. The summed E-state index contributed by atoms with van der Waals surface area (Å²) >= 11 is 12.3. The lowest BCUT2D eigenvalue weighted by Crippen LogP contribution is -2.47. The number of benzene rings is 3. The first kappa shape index (κ1) is 35.9. The number of nitrogens with one attached hydrogen (secondary N) is 1. The van der Waals surface area contributed by atoms with Crippen LogP contribution in [-0.2, 0) is 9.53 Å². The molecule has 0 aromatic heterocycles. The lowest BCUT2D eigenvalue weighted by atomic mass is 9.84. The number of amides is 1. The van der Waals surface area contributed by atoms with Crippen LogP contribution >= 0.6 is 23.2 Å². The Morgan fingerprint density at radius 1 is 1.12 bits per heavy atom. The van der Waals surface area contributed by atoms with Gasteiger partial charge in [0, 0.05) is 27.7 Å². The average Bonchev–Trinajstić information content (AvgIpc) is 3.83. The first-order valence-electron chi connectivity index (χ1n) is 15.3. The summed E-state index contributed by atoms with van der Waals surface area (Å²) < 4.78 is 25.7. The Morgan fingerprint density at radius 2 is 1.84 bits per heavy atom. The van der Waals surface area contributed by atoms with Gasteiger partial charge in [-0.1, -0.05) is 41.4 Å². The van der Waals surface area contributed by atoms with Gasteiger partial charge in [-0.2, -0.15) is 0 Å². The number of methoxy groups -OCH3 is 2. The predicted octanol–water partition coefficient (Wildman–Crippen LogP) is 6.10. The molecule has 3 aromatic carbocycles. The van der Waals surface area contributed by atoms with Gasteiger partial charge in [-0.3, -0.25) is 29.9 Å². The Hall–Kier alpha value is -4.37. The Labute approximate surface area is 290 Å². The molecule has 1 aliphatic heterocycles. The number of carbonyl (C=O) groups excluding carboxylic acids is 2. The molecule has 1 unspecified atom stereocenters. The second-order valence-corrected chi connectivity index (χ2v) is 13.0. The number of nitro groups is 2. The molecule has 1 amide bonds. The fourth-order valence-corrected chi connectivity index (χ4v) is 7.04. The van der Waals surface area contributed by atoms with Gasteiger partial charge in [0.25, 0.3) is 0 Å². The number of carbonyl (C=O) groups is 2. The van der Waals surface area contributed by atoms with E-state index in [9.17, 15) is 34.9 Å². The molecular formula is C33H33Cl2FN4O9. The second-order valence-electron chi connectivity index (χ2n) is 12.1. The summed E-state index contributed by atoms with van der Waals surface area (Å²) in [6.45, 7) is 1.93. The number of halogens is 3. The van der Waals surface area contributed by atoms with Gasteiger partial charge in [0.15, 0.2) is 0 Å². The van der Waals surface area contributed by atoms with E-state index in [2.05, 4.69) is 5.32 Å². The molecule has 1 aliphatic carbocycles. The van der Waals surface area contributed by atoms with Crippen LogP contribution in [0.3, 0.4) is 0 Å². The number of rotatable bonds is 12. The Bertz CT molecular complexity index is 1810. The molecule has 0 spiro atoms. The molecule has 5 atom stereocenters. The normalized spacial score (nSPS) is 21.2. The standard InChI is InChI=1S/C33H33Cl2FN4O9/c1-16-7-10-18(34)13-23(16)37-32(42)30-26(20-5-4-6-22(35)27(20)36)29(40(46)47)24(38(30)15-17-8-9-17)14-25(41)19-11-12-21(33(43)49-3)31(48-2)28(19)39(44)45/h4-7,10-13,17,24-26,29-30,41H,8-9,14-15H2,1-3H3,(H,37,42)/t24-,25?,26-,29+,30+/m0/s1. The number of aliphatic hydroxyl groups excluding tert-OH is 1. The van der Waals surface area contributed by atoms with Crippen LogP contribution < -0.4 is 10.1 Å². The van der Waals surface area contributed by atoms with Crippen molar-refractivity contribution in [2.75, 3.05) is 26.1 Å². The zero-order valence-electron chi connectivity index (χ0n) is 26.6. The molecule has 0 radical (unpaired) electrons. The van der Waals surface area contributed by atoms with Crippen molar-refractivity contribution in [2.24, 2.45) is 5.92 Å². The molecule has 49 heavy (non-hydrogen) atoms. The quantitative estimate of drug-likeness (QED) is 0.127. The van der Waals surface area contributed by atoms with Gasteiger partial charge in [-0.25, -0.2) is 9.18 Å². The number of aliphatic hydroxyl groups is 1. The molecular weight excluding hydrogens is 686 g/mol. The van der Waals surface area contributed by atoms with Gasteiger partial charge in [0.2, 0.25) is 17.7 Å². The highest BCUT2D eigenvalue weighted by Gasteiger charge is 2.60. The highest BCUT2D eigenvalue weighted by Crippen LogP contribution is 2.48. The van der Waals surface area contributed by atoms with Crippen LogP contribution in [0.25, 0.3) is 0 Å². The number of ether oxygens (including phenoxy) is 2. The molecule has 2 N–H and O–H groups in total. The summed E-state index contributed by atoms with van der Waals surface area (Å²) in [7, 11) is 2.19.